The number of rotatable bonds is 3. The summed E-state index contributed by atoms with van der Waals surface area (Å²) in [6.45, 7) is -3.24. The van der Waals surface area contributed by atoms with Gasteiger partial charge in [-0.2, -0.15) is 22.0 Å². The van der Waals surface area contributed by atoms with E-state index in [0.717, 1.165) is 12.1 Å². The SMILES string of the molecule is FC(F)Oc1ccc(-c2cccnc2)c(C(F)(F)F)n1. The molecule has 2 heterocycles. The molecular formula is C12H7F5N2O. The van der Waals surface area contributed by atoms with E-state index in [1.54, 1.807) is 0 Å². The molecule has 0 saturated heterocycles. The summed E-state index contributed by atoms with van der Waals surface area (Å²) in [4.78, 5) is 6.81. The molecule has 0 radical (unpaired) electrons. The molecule has 0 N–H and O–H groups in total. The molecule has 2 aromatic rings. The summed E-state index contributed by atoms with van der Waals surface area (Å²) in [7, 11) is 0. The van der Waals surface area contributed by atoms with Crippen molar-refractivity contribution < 1.29 is 26.7 Å². The van der Waals surface area contributed by atoms with Gasteiger partial charge in [0.2, 0.25) is 5.88 Å². The Hall–Kier alpha value is -2.25. The van der Waals surface area contributed by atoms with Crippen molar-refractivity contribution in [2.45, 2.75) is 12.8 Å². The van der Waals surface area contributed by atoms with E-state index in [-0.39, 0.29) is 11.1 Å². The molecule has 106 valence electrons. The molecule has 0 aliphatic carbocycles. The zero-order valence-corrected chi connectivity index (χ0v) is 9.73. The van der Waals surface area contributed by atoms with Crippen LogP contribution in [0.4, 0.5) is 22.0 Å². The second-order valence-electron chi connectivity index (χ2n) is 3.66. The summed E-state index contributed by atoms with van der Waals surface area (Å²) in [5.74, 6) is -0.792. The minimum atomic E-state index is -4.80. The van der Waals surface area contributed by atoms with Gasteiger partial charge in [-0.25, -0.2) is 4.98 Å². The van der Waals surface area contributed by atoms with E-state index in [2.05, 4.69) is 14.7 Å². The number of ether oxygens (including phenoxy) is 1. The fourth-order valence-electron chi connectivity index (χ4n) is 1.57. The zero-order chi connectivity index (χ0) is 14.8. The van der Waals surface area contributed by atoms with Crippen molar-refractivity contribution in [2.24, 2.45) is 0 Å². The maximum Gasteiger partial charge on any atom is 0.434 e. The van der Waals surface area contributed by atoms with Crippen LogP contribution in [0.25, 0.3) is 11.1 Å². The van der Waals surface area contributed by atoms with E-state index in [9.17, 15) is 22.0 Å². The summed E-state index contributed by atoms with van der Waals surface area (Å²) in [6.07, 6.45) is -2.18. The lowest BCUT2D eigenvalue weighted by Gasteiger charge is -2.13. The van der Waals surface area contributed by atoms with Crippen LogP contribution in [0, 0.1) is 0 Å². The third kappa shape index (κ3) is 3.19. The van der Waals surface area contributed by atoms with Gasteiger partial charge >= 0.3 is 12.8 Å². The van der Waals surface area contributed by atoms with Crippen molar-refractivity contribution in [3.8, 4) is 17.0 Å². The highest BCUT2D eigenvalue weighted by molar-refractivity contribution is 5.66. The molecule has 20 heavy (non-hydrogen) atoms. The third-order valence-electron chi connectivity index (χ3n) is 2.32. The minimum Gasteiger partial charge on any atom is -0.417 e. The van der Waals surface area contributed by atoms with Crippen LogP contribution in [0.2, 0.25) is 0 Å². The molecule has 0 aliphatic rings. The average Bonchev–Trinajstić information content (AvgIpc) is 2.38. The Labute approximate surface area is 110 Å². The van der Waals surface area contributed by atoms with Crippen LogP contribution in [-0.4, -0.2) is 16.6 Å². The number of alkyl halides is 5. The molecule has 0 aromatic carbocycles. The first-order chi connectivity index (χ1) is 9.38. The van der Waals surface area contributed by atoms with Gasteiger partial charge in [0.05, 0.1) is 0 Å². The first-order valence-electron chi connectivity index (χ1n) is 5.31. The van der Waals surface area contributed by atoms with Gasteiger partial charge in [-0.05, 0) is 12.1 Å². The van der Waals surface area contributed by atoms with Crippen LogP contribution >= 0.6 is 0 Å². The molecule has 8 heteroatoms. The predicted molar refractivity (Wildman–Crippen MR) is 59.1 cm³/mol. The topological polar surface area (TPSA) is 35.0 Å². The fourth-order valence-corrected chi connectivity index (χ4v) is 1.57. The molecule has 0 fully saturated rings. The van der Waals surface area contributed by atoms with Gasteiger partial charge in [-0.15, -0.1) is 0 Å². The normalized spacial score (nSPS) is 11.7. The lowest BCUT2D eigenvalue weighted by molar-refractivity contribution is -0.141. The maximum atomic E-state index is 12.9. The monoisotopic (exact) mass is 290 g/mol. The summed E-state index contributed by atoms with van der Waals surface area (Å²) >= 11 is 0. The molecule has 0 saturated carbocycles. The average molecular weight is 290 g/mol. The second-order valence-corrected chi connectivity index (χ2v) is 3.66. The van der Waals surface area contributed by atoms with Crippen molar-refractivity contribution in [3.63, 3.8) is 0 Å². The smallest absolute Gasteiger partial charge is 0.417 e. The van der Waals surface area contributed by atoms with Gasteiger partial charge in [-0.1, -0.05) is 6.07 Å². The molecule has 0 atom stereocenters. The Morgan fingerprint density at radius 2 is 1.85 bits per heavy atom. The maximum absolute atomic E-state index is 12.9. The lowest BCUT2D eigenvalue weighted by Crippen LogP contribution is -2.12. The van der Waals surface area contributed by atoms with Gasteiger partial charge in [0.25, 0.3) is 0 Å². The summed E-state index contributed by atoms with van der Waals surface area (Å²) in [5.41, 5.74) is -1.38. The fraction of sp³-hybridized carbons (Fsp3) is 0.167. The first-order valence-corrected chi connectivity index (χ1v) is 5.31. The zero-order valence-electron chi connectivity index (χ0n) is 9.73. The van der Waals surface area contributed by atoms with E-state index in [1.807, 2.05) is 0 Å². The van der Waals surface area contributed by atoms with E-state index in [1.165, 1.54) is 24.5 Å². The van der Waals surface area contributed by atoms with Crippen LogP contribution in [0.5, 0.6) is 5.88 Å². The van der Waals surface area contributed by atoms with Crippen molar-refractivity contribution >= 4 is 0 Å². The number of halogens is 5. The highest BCUT2D eigenvalue weighted by Gasteiger charge is 2.36. The molecular weight excluding hydrogens is 283 g/mol. The van der Waals surface area contributed by atoms with Crippen LogP contribution in [0.15, 0.2) is 36.7 Å². The van der Waals surface area contributed by atoms with Gasteiger partial charge in [0, 0.05) is 29.6 Å². The lowest BCUT2D eigenvalue weighted by atomic mass is 10.1. The van der Waals surface area contributed by atoms with Crippen LogP contribution in [-0.2, 0) is 6.18 Å². The standard InChI is InChI=1S/C12H7F5N2O/c13-11(14)20-9-4-3-8(7-2-1-5-18-6-7)10(19-9)12(15,16)17/h1-6,11H. The largest absolute Gasteiger partial charge is 0.434 e. The predicted octanol–water partition coefficient (Wildman–Crippen LogP) is 3.76. The van der Waals surface area contributed by atoms with Crippen LogP contribution < -0.4 is 4.74 Å². The van der Waals surface area contributed by atoms with Gasteiger partial charge in [-0.3, -0.25) is 4.98 Å². The highest BCUT2D eigenvalue weighted by Crippen LogP contribution is 2.36. The number of hydrogen-bond acceptors (Lipinski definition) is 3. The first kappa shape index (κ1) is 14.2. The van der Waals surface area contributed by atoms with E-state index >= 15 is 0 Å². The molecule has 0 spiro atoms. The van der Waals surface area contributed by atoms with Crippen molar-refractivity contribution in [1.82, 2.24) is 9.97 Å². The minimum absolute atomic E-state index is 0.177. The van der Waals surface area contributed by atoms with Gasteiger partial charge in [0.1, 0.15) is 0 Å². The molecule has 2 aromatic heterocycles. The highest BCUT2D eigenvalue weighted by atomic mass is 19.4. The third-order valence-corrected chi connectivity index (χ3v) is 2.32. The Morgan fingerprint density at radius 3 is 2.40 bits per heavy atom. The van der Waals surface area contributed by atoms with Gasteiger partial charge in [0.15, 0.2) is 5.69 Å². The van der Waals surface area contributed by atoms with Crippen molar-refractivity contribution in [1.29, 1.82) is 0 Å². The van der Waals surface area contributed by atoms with Crippen LogP contribution in [0.3, 0.4) is 0 Å². The number of nitrogens with zero attached hydrogens (tertiary/aromatic N) is 2. The Balaban J connectivity index is 2.52. The van der Waals surface area contributed by atoms with E-state index < -0.39 is 24.4 Å². The number of pyridine rings is 2. The van der Waals surface area contributed by atoms with Gasteiger partial charge < -0.3 is 4.74 Å². The summed E-state index contributed by atoms with van der Waals surface area (Å²) < 4.78 is 66.7. The number of hydrogen-bond donors (Lipinski definition) is 0. The molecule has 2 rings (SSSR count). The molecule has 0 bridgehead atoms. The number of aromatic nitrogens is 2. The molecule has 0 aliphatic heterocycles. The van der Waals surface area contributed by atoms with Crippen LogP contribution in [0.1, 0.15) is 5.69 Å². The molecule has 3 nitrogen and oxygen atoms in total. The summed E-state index contributed by atoms with van der Waals surface area (Å²) in [6, 6.07) is 4.83. The summed E-state index contributed by atoms with van der Waals surface area (Å²) in [5, 5.41) is 0. The van der Waals surface area contributed by atoms with E-state index in [4.69, 9.17) is 0 Å². The Morgan fingerprint density at radius 1 is 1.10 bits per heavy atom. The quantitative estimate of drug-likeness (QED) is 0.807. The van der Waals surface area contributed by atoms with Crippen molar-refractivity contribution in [3.05, 3.63) is 42.4 Å². The Bertz CT molecular complexity index is 586. The van der Waals surface area contributed by atoms with Crippen molar-refractivity contribution in [2.75, 3.05) is 0 Å². The molecule has 0 unspecified atom stereocenters. The molecule has 0 amide bonds. The Kier molecular flexibility index (Phi) is 3.82. The van der Waals surface area contributed by atoms with E-state index in [0.29, 0.717) is 0 Å². The second kappa shape index (κ2) is 5.40.